The number of hydrogen-bond donors (Lipinski definition) is 1. The fourth-order valence-electron chi connectivity index (χ4n) is 1.56. The minimum atomic E-state index is 0.948. The number of nitrogens with one attached hydrogen (secondary N) is 1. The lowest BCUT2D eigenvalue weighted by Crippen LogP contribution is -2.20. The Morgan fingerprint density at radius 3 is 2.79 bits per heavy atom. The maximum atomic E-state index is 4.22. The minimum absolute atomic E-state index is 0.948. The number of nitrogens with zero attached hydrogens (tertiary/aromatic N) is 2. The molecule has 0 bridgehead atoms. The average molecular weight is 189 g/mol. The van der Waals surface area contributed by atoms with Crippen LogP contribution in [0.3, 0.4) is 0 Å². The van der Waals surface area contributed by atoms with Gasteiger partial charge in [-0.05, 0) is 44.0 Å². The molecule has 3 heteroatoms. The third-order valence-corrected chi connectivity index (χ3v) is 2.62. The Balaban J connectivity index is 2.32. The fourth-order valence-corrected chi connectivity index (χ4v) is 1.56. The monoisotopic (exact) mass is 189 g/mol. The van der Waals surface area contributed by atoms with Gasteiger partial charge in [0, 0.05) is 6.54 Å². The van der Waals surface area contributed by atoms with Gasteiger partial charge in [-0.25, -0.2) is 0 Å². The maximum Gasteiger partial charge on any atom is 0.0889 e. The van der Waals surface area contributed by atoms with E-state index < -0.39 is 0 Å². The first-order valence-corrected chi connectivity index (χ1v) is 4.98. The second-order valence-corrected chi connectivity index (χ2v) is 3.68. The highest BCUT2D eigenvalue weighted by Gasteiger charge is 2.08. The van der Waals surface area contributed by atoms with Gasteiger partial charge in [0.05, 0.1) is 11.4 Å². The standard InChI is InChI=1S/C11H15N3/c1-8-7-11(14-13-9(8)2)10-3-5-12-6-4-10/h3,7,12H,4-6H2,1-2H3. The number of aromatic nitrogens is 2. The zero-order chi connectivity index (χ0) is 9.97. The molecule has 0 saturated heterocycles. The summed E-state index contributed by atoms with van der Waals surface area (Å²) in [6.45, 7) is 6.06. The molecule has 14 heavy (non-hydrogen) atoms. The van der Waals surface area contributed by atoms with E-state index >= 15 is 0 Å². The first-order chi connectivity index (χ1) is 6.77. The summed E-state index contributed by atoms with van der Waals surface area (Å²) < 4.78 is 0. The first-order valence-electron chi connectivity index (χ1n) is 4.98. The van der Waals surface area contributed by atoms with Crippen LogP contribution in [0.1, 0.15) is 23.4 Å². The summed E-state index contributed by atoms with van der Waals surface area (Å²) in [7, 11) is 0. The lowest BCUT2D eigenvalue weighted by Gasteiger charge is -2.13. The van der Waals surface area contributed by atoms with Crippen molar-refractivity contribution in [1.29, 1.82) is 0 Å². The molecular weight excluding hydrogens is 174 g/mol. The van der Waals surface area contributed by atoms with Gasteiger partial charge < -0.3 is 5.32 Å². The highest BCUT2D eigenvalue weighted by molar-refractivity contribution is 5.63. The van der Waals surface area contributed by atoms with E-state index in [-0.39, 0.29) is 0 Å². The van der Waals surface area contributed by atoms with Crippen molar-refractivity contribution < 1.29 is 0 Å². The van der Waals surface area contributed by atoms with Crippen LogP contribution >= 0.6 is 0 Å². The molecule has 0 radical (unpaired) electrons. The summed E-state index contributed by atoms with van der Waals surface area (Å²) in [4.78, 5) is 0. The molecule has 0 saturated carbocycles. The molecule has 0 unspecified atom stereocenters. The van der Waals surface area contributed by atoms with Crippen LogP contribution in [0.2, 0.25) is 0 Å². The van der Waals surface area contributed by atoms with E-state index in [2.05, 4.69) is 34.6 Å². The zero-order valence-corrected chi connectivity index (χ0v) is 8.67. The number of hydrogen-bond acceptors (Lipinski definition) is 3. The van der Waals surface area contributed by atoms with Crippen LogP contribution in [0.4, 0.5) is 0 Å². The van der Waals surface area contributed by atoms with E-state index in [1.165, 1.54) is 11.1 Å². The summed E-state index contributed by atoms with van der Waals surface area (Å²) in [5, 5.41) is 11.6. The molecular formula is C11H15N3. The van der Waals surface area contributed by atoms with Crippen molar-refractivity contribution in [2.75, 3.05) is 13.1 Å². The van der Waals surface area contributed by atoms with Gasteiger partial charge in [-0.1, -0.05) is 6.08 Å². The fraction of sp³-hybridized carbons (Fsp3) is 0.455. The Kier molecular flexibility index (Phi) is 2.59. The van der Waals surface area contributed by atoms with Gasteiger partial charge >= 0.3 is 0 Å². The molecule has 2 heterocycles. The molecule has 0 amide bonds. The lowest BCUT2D eigenvalue weighted by atomic mass is 10.0. The molecule has 2 rings (SSSR count). The molecule has 0 aliphatic carbocycles. The van der Waals surface area contributed by atoms with Crippen molar-refractivity contribution in [3.8, 4) is 0 Å². The average Bonchev–Trinajstić information content (AvgIpc) is 2.23. The van der Waals surface area contributed by atoms with Crippen molar-refractivity contribution in [2.45, 2.75) is 20.3 Å². The minimum Gasteiger partial charge on any atom is -0.313 e. The predicted octanol–water partition coefficient (Wildman–Crippen LogP) is 1.47. The van der Waals surface area contributed by atoms with Crippen LogP contribution in [-0.4, -0.2) is 23.3 Å². The Hall–Kier alpha value is -1.22. The quantitative estimate of drug-likeness (QED) is 0.727. The molecule has 3 nitrogen and oxygen atoms in total. The molecule has 1 aromatic heterocycles. The van der Waals surface area contributed by atoms with Crippen molar-refractivity contribution in [3.63, 3.8) is 0 Å². The van der Waals surface area contributed by atoms with E-state index in [0.29, 0.717) is 0 Å². The van der Waals surface area contributed by atoms with Crippen molar-refractivity contribution >= 4 is 5.57 Å². The number of rotatable bonds is 1. The zero-order valence-electron chi connectivity index (χ0n) is 8.67. The third kappa shape index (κ3) is 1.82. The molecule has 1 aliphatic rings. The molecule has 0 spiro atoms. The van der Waals surface area contributed by atoms with Crippen LogP contribution in [-0.2, 0) is 0 Å². The van der Waals surface area contributed by atoms with Gasteiger partial charge in [-0.15, -0.1) is 0 Å². The third-order valence-electron chi connectivity index (χ3n) is 2.62. The summed E-state index contributed by atoms with van der Waals surface area (Å²) >= 11 is 0. The highest BCUT2D eigenvalue weighted by Crippen LogP contribution is 2.18. The van der Waals surface area contributed by atoms with Gasteiger partial charge in [-0.2, -0.15) is 10.2 Å². The molecule has 0 fully saturated rings. The molecule has 1 aliphatic heterocycles. The molecule has 1 N–H and O–H groups in total. The van der Waals surface area contributed by atoms with Crippen molar-refractivity contribution in [3.05, 3.63) is 29.1 Å². The van der Waals surface area contributed by atoms with Gasteiger partial charge in [0.25, 0.3) is 0 Å². The van der Waals surface area contributed by atoms with Gasteiger partial charge in [0.2, 0.25) is 0 Å². The van der Waals surface area contributed by atoms with Crippen LogP contribution in [0, 0.1) is 13.8 Å². The van der Waals surface area contributed by atoms with Crippen LogP contribution in [0.25, 0.3) is 5.57 Å². The van der Waals surface area contributed by atoms with Gasteiger partial charge in [0.1, 0.15) is 0 Å². The SMILES string of the molecule is Cc1cc(C2=CCNCC2)nnc1C. The van der Waals surface area contributed by atoms with Crippen LogP contribution in [0.5, 0.6) is 0 Å². The van der Waals surface area contributed by atoms with E-state index in [1.807, 2.05) is 6.92 Å². The lowest BCUT2D eigenvalue weighted by molar-refractivity contribution is 0.734. The summed E-state index contributed by atoms with van der Waals surface area (Å²) in [6, 6.07) is 2.12. The topological polar surface area (TPSA) is 37.8 Å². The second-order valence-electron chi connectivity index (χ2n) is 3.68. The van der Waals surface area contributed by atoms with E-state index in [1.54, 1.807) is 0 Å². The normalized spacial score (nSPS) is 16.6. The Labute approximate surface area is 84.2 Å². The Morgan fingerprint density at radius 1 is 1.29 bits per heavy atom. The molecule has 0 aromatic carbocycles. The largest absolute Gasteiger partial charge is 0.313 e. The van der Waals surface area contributed by atoms with E-state index in [4.69, 9.17) is 0 Å². The smallest absolute Gasteiger partial charge is 0.0889 e. The first kappa shape index (κ1) is 9.34. The van der Waals surface area contributed by atoms with Gasteiger partial charge in [-0.3, -0.25) is 0 Å². The second kappa shape index (κ2) is 3.88. The summed E-state index contributed by atoms with van der Waals surface area (Å²) in [5.74, 6) is 0. The molecule has 0 atom stereocenters. The maximum absolute atomic E-state index is 4.22. The summed E-state index contributed by atoms with van der Waals surface area (Å²) in [5.41, 5.74) is 4.59. The van der Waals surface area contributed by atoms with Crippen LogP contribution < -0.4 is 5.32 Å². The Morgan fingerprint density at radius 2 is 2.14 bits per heavy atom. The van der Waals surface area contributed by atoms with E-state index in [9.17, 15) is 0 Å². The summed E-state index contributed by atoms with van der Waals surface area (Å²) in [6.07, 6.45) is 3.25. The number of aryl methyl sites for hydroxylation is 2. The van der Waals surface area contributed by atoms with Crippen molar-refractivity contribution in [2.24, 2.45) is 0 Å². The molecule has 1 aromatic rings. The highest BCUT2D eigenvalue weighted by atomic mass is 15.1. The van der Waals surface area contributed by atoms with Gasteiger partial charge in [0.15, 0.2) is 0 Å². The predicted molar refractivity (Wildman–Crippen MR) is 57.0 cm³/mol. The molecule has 74 valence electrons. The Bertz CT molecular complexity index is 369. The van der Waals surface area contributed by atoms with Crippen LogP contribution in [0.15, 0.2) is 12.1 Å². The van der Waals surface area contributed by atoms with E-state index in [0.717, 1.165) is 30.9 Å². The van der Waals surface area contributed by atoms with Crippen molar-refractivity contribution in [1.82, 2.24) is 15.5 Å².